The minimum absolute atomic E-state index is 0. The molecule has 1 aliphatic rings. The van der Waals surface area contributed by atoms with E-state index in [9.17, 15) is 4.79 Å². The Morgan fingerprint density at radius 1 is 1.28 bits per heavy atom. The quantitative estimate of drug-likeness (QED) is 0.759. The molecule has 0 aromatic heterocycles. The molecular weight excluding hydrogens is 352 g/mol. The van der Waals surface area contributed by atoms with E-state index in [2.05, 4.69) is 42.6 Å². The van der Waals surface area contributed by atoms with Crippen molar-refractivity contribution in [3.05, 3.63) is 64.7 Å². The molecule has 134 valence electrons. The number of nitrogen functional groups attached to an aromatic ring is 1. The first-order valence-electron chi connectivity index (χ1n) is 8.43. The third kappa shape index (κ3) is 5.41. The van der Waals surface area contributed by atoms with Gasteiger partial charge < -0.3 is 11.1 Å². The molecule has 2 aromatic carbocycles. The van der Waals surface area contributed by atoms with Crippen LogP contribution in [0.5, 0.6) is 0 Å². The maximum Gasteiger partial charge on any atom is 0.230 e. The van der Waals surface area contributed by atoms with Crippen molar-refractivity contribution >= 4 is 35.8 Å². The van der Waals surface area contributed by atoms with Gasteiger partial charge >= 0.3 is 0 Å². The third-order valence-electron chi connectivity index (χ3n) is 4.40. The van der Waals surface area contributed by atoms with E-state index in [1.807, 2.05) is 12.1 Å². The number of thioether (sulfide) groups is 1. The van der Waals surface area contributed by atoms with Gasteiger partial charge in [0.1, 0.15) is 0 Å². The Balaban J connectivity index is 0.00000225. The lowest BCUT2D eigenvalue weighted by Gasteiger charge is -2.26. The molecule has 3 nitrogen and oxygen atoms in total. The van der Waals surface area contributed by atoms with Gasteiger partial charge in [-0.2, -0.15) is 0 Å². The molecule has 2 aromatic rings. The highest BCUT2D eigenvalue weighted by molar-refractivity contribution is 7.99. The molecule has 1 amide bonds. The molecule has 0 bridgehead atoms. The Labute approximate surface area is 160 Å². The molecular formula is C20H25ClN2OS. The molecule has 1 atom stereocenters. The normalized spacial score (nSPS) is 15.8. The number of amides is 1. The van der Waals surface area contributed by atoms with Crippen molar-refractivity contribution in [3.8, 4) is 0 Å². The van der Waals surface area contributed by atoms with Crippen LogP contribution in [0.1, 0.15) is 41.1 Å². The van der Waals surface area contributed by atoms with E-state index in [4.69, 9.17) is 5.73 Å². The minimum atomic E-state index is 0. The summed E-state index contributed by atoms with van der Waals surface area (Å²) in [4.78, 5) is 12.3. The fraction of sp³-hybridized carbons (Fsp3) is 0.350. The number of carbonyl (C=O) groups excluding carboxylic acids is 1. The van der Waals surface area contributed by atoms with Gasteiger partial charge in [0.2, 0.25) is 5.91 Å². The Kier molecular flexibility index (Phi) is 7.21. The fourth-order valence-electron chi connectivity index (χ4n) is 3.28. The first-order valence-corrected chi connectivity index (χ1v) is 9.58. The summed E-state index contributed by atoms with van der Waals surface area (Å²) in [6.07, 6.45) is 3.15. The summed E-state index contributed by atoms with van der Waals surface area (Å²) >= 11 is 1.66. The zero-order valence-electron chi connectivity index (χ0n) is 14.5. The number of aryl methyl sites for hydroxylation is 2. The van der Waals surface area contributed by atoms with E-state index in [-0.39, 0.29) is 24.4 Å². The average Bonchev–Trinajstić information content (AvgIpc) is 2.55. The lowest BCUT2D eigenvalue weighted by atomic mass is 9.87. The van der Waals surface area contributed by atoms with E-state index < -0.39 is 0 Å². The second kappa shape index (κ2) is 9.16. The van der Waals surface area contributed by atoms with Gasteiger partial charge in [0.05, 0.1) is 11.8 Å². The van der Waals surface area contributed by atoms with Crippen LogP contribution in [0.15, 0.2) is 42.5 Å². The summed E-state index contributed by atoms with van der Waals surface area (Å²) in [5.74, 6) is 1.48. The molecule has 0 saturated heterocycles. The highest BCUT2D eigenvalue weighted by Gasteiger charge is 2.21. The summed E-state index contributed by atoms with van der Waals surface area (Å²) in [5.41, 5.74) is 11.7. The fourth-order valence-corrected chi connectivity index (χ4v) is 4.07. The van der Waals surface area contributed by atoms with E-state index in [1.165, 1.54) is 22.3 Å². The number of hydrogen-bond donors (Lipinski definition) is 2. The maximum atomic E-state index is 12.3. The number of rotatable bonds is 5. The van der Waals surface area contributed by atoms with Crippen molar-refractivity contribution in [3.63, 3.8) is 0 Å². The Morgan fingerprint density at radius 2 is 2.12 bits per heavy atom. The van der Waals surface area contributed by atoms with Gasteiger partial charge in [-0.1, -0.05) is 35.9 Å². The molecule has 0 fully saturated rings. The zero-order valence-corrected chi connectivity index (χ0v) is 16.1. The van der Waals surface area contributed by atoms with Crippen LogP contribution in [0.3, 0.4) is 0 Å². The number of nitrogens with one attached hydrogen (secondary N) is 1. The van der Waals surface area contributed by atoms with Crippen molar-refractivity contribution in [1.29, 1.82) is 0 Å². The molecule has 0 heterocycles. The molecule has 25 heavy (non-hydrogen) atoms. The molecule has 0 spiro atoms. The third-order valence-corrected chi connectivity index (χ3v) is 5.40. The lowest BCUT2D eigenvalue weighted by molar-refractivity contribution is -0.119. The molecule has 0 aliphatic heterocycles. The zero-order chi connectivity index (χ0) is 16.9. The predicted octanol–water partition coefficient (Wildman–Crippen LogP) is 4.43. The van der Waals surface area contributed by atoms with Crippen molar-refractivity contribution in [1.82, 2.24) is 5.32 Å². The summed E-state index contributed by atoms with van der Waals surface area (Å²) in [5, 5.41) is 3.19. The molecule has 1 aliphatic carbocycles. The van der Waals surface area contributed by atoms with Crippen molar-refractivity contribution < 1.29 is 4.79 Å². The lowest BCUT2D eigenvalue weighted by Crippen LogP contribution is -2.32. The Hall–Kier alpha value is -1.65. The number of anilines is 1. The average molecular weight is 377 g/mol. The number of halogens is 1. The van der Waals surface area contributed by atoms with Gasteiger partial charge in [-0.25, -0.2) is 0 Å². The topological polar surface area (TPSA) is 55.1 Å². The predicted molar refractivity (Wildman–Crippen MR) is 109 cm³/mol. The van der Waals surface area contributed by atoms with Crippen LogP contribution in [0, 0.1) is 6.92 Å². The van der Waals surface area contributed by atoms with E-state index in [1.54, 1.807) is 11.8 Å². The van der Waals surface area contributed by atoms with Crippen LogP contribution in [0.2, 0.25) is 0 Å². The monoisotopic (exact) mass is 376 g/mol. The van der Waals surface area contributed by atoms with Crippen LogP contribution in [-0.4, -0.2) is 11.7 Å². The van der Waals surface area contributed by atoms with Gasteiger partial charge in [0.25, 0.3) is 0 Å². The molecule has 1 unspecified atom stereocenters. The summed E-state index contributed by atoms with van der Waals surface area (Å²) in [7, 11) is 0. The first-order chi connectivity index (χ1) is 11.6. The summed E-state index contributed by atoms with van der Waals surface area (Å²) in [6.45, 7) is 2.09. The number of benzene rings is 2. The Morgan fingerprint density at radius 3 is 2.92 bits per heavy atom. The number of fused-ring (bicyclic) bond motifs is 1. The summed E-state index contributed by atoms with van der Waals surface area (Å²) < 4.78 is 0. The van der Waals surface area contributed by atoms with Crippen LogP contribution < -0.4 is 11.1 Å². The van der Waals surface area contributed by atoms with Crippen molar-refractivity contribution in [2.45, 2.75) is 38.0 Å². The number of nitrogens with two attached hydrogens (primary N) is 1. The van der Waals surface area contributed by atoms with E-state index >= 15 is 0 Å². The van der Waals surface area contributed by atoms with Crippen LogP contribution >= 0.6 is 24.2 Å². The molecule has 3 N–H and O–H groups in total. The Bertz CT molecular complexity index is 735. The van der Waals surface area contributed by atoms with Gasteiger partial charge in [-0.15, -0.1) is 24.2 Å². The van der Waals surface area contributed by atoms with Gasteiger partial charge in [0, 0.05) is 11.4 Å². The maximum absolute atomic E-state index is 12.3. The first kappa shape index (κ1) is 19.7. The minimum Gasteiger partial charge on any atom is -0.399 e. The second-order valence-corrected chi connectivity index (χ2v) is 7.44. The SMILES string of the molecule is Cc1cccc(CSCC(=O)NC2CCCc3cc(N)ccc32)c1.Cl. The van der Waals surface area contributed by atoms with Crippen LogP contribution in [0.4, 0.5) is 5.69 Å². The van der Waals surface area contributed by atoms with Gasteiger partial charge in [-0.05, 0) is 55.0 Å². The smallest absolute Gasteiger partial charge is 0.230 e. The summed E-state index contributed by atoms with van der Waals surface area (Å²) in [6, 6.07) is 14.6. The molecule has 5 heteroatoms. The van der Waals surface area contributed by atoms with Gasteiger partial charge in [-0.3, -0.25) is 4.79 Å². The molecule has 0 radical (unpaired) electrons. The molecule has 0 saturated carbocycles. The standard InChI is InChI=1S/C20H24N2OS.ClH/c1-14-4-2-5-15(10-14)12-24-13-20(23)22-19-7-3-6-16-11-17(21)8-9-18(16)19;/h2,4-5,8-11,19H,3,6-7,12-13,21H2,1H3,(H,22,23);1H. The highest BCUT2D eigenvalue weighted by atomic mass is 35.5. The molecule has 3 rings (SSSR count). The van der Waals surface area contributed by atoms with Crippen LogP contribution in [0.25, 0.3) is 0 Å². The van der Waals surface area contributed by atoms with Crippen molar-refractivity contribution in [2.75, 3.05) is 11.5 Å². The second-order valence-electron chi connectivity index (χ2n) is 6.45. The van der Waals surface area contributed by atoms with E-state index in [0.29, 0.717) is 5.75 Å². The number of hydrogen-bond acceptors (Lipinski definition) is 3. The number of carbonyl (C=O) groups is 1. The van der Waals surface area contributed by atoms with Crippen molar-refractivity contribution in [2.24, 2.45) is 0 Å². The highest BCUT2D eigenvalue weighted by Crippen LogP contribution is 2.31. The van der Waals surface area contributed by atoms with Crippen LogP contribution in [-0.2, 0) is 17.0 Å². The van der Waals surface area contributed by atoms with E-state index in [0.717, 1.165) is 30.7 Å². The van der Waals surface area contributed by atoms with Gasteiger partial charge in [0.15, 0.2) is 0 Å². The largest absolute Gasteiger partial charge is 0.399 e.